The molecule has 0 fully saturated rings. The van der Waals surface area contributed by atoms with Crippen molar-refractivity contribution >= 4 is 23.9 Å². The maximum atomic E-state index is 11.4. The fourth-order valence-electron chi connectivity index (χ4n) is 2.82. The van der Waals surface area contributed by atoms with Crippen LogP contribution < -0.4 is 10.4 Å². The standard InChI is InChI=1S/C23H26N2O/c1-7-19-9-11-20(12-10-19)14-16(4)8-13-21-17(5)18(6)24-22(15(2)3)23(21)25-26/h8-13H,2,5,7,14H2,1,3-4,6H3/b16-8+,21-13+. The third kappa shape index (κ3) is 4.42. The van der Waals surface area contributed by atoms with Crippen LogP contribution in [0.4, 0.5) is 5.69 Å². The van der Waals surface area contributed by atoms with Crippen LogP contribution in [0.3, 0.4) is 0 Å². The van der Waals surface area contributed by atoms with Crippen LogP contribution in [-0.2, 0) is 12.8 Å². The summed E-state index contributed by atoms with van der Waals surface area (Å²) in [4.78, 5) is 15.8. The predicted molar refractivity (Wildman–Crippen MR) is 112 cm³/mol. The number of allylic oxidation sites excluding steroid dienone is 3. The highest BCUT2D eigenvalue weighted by Crippen LogP contribution is 2.18. The summed E-state index contributed by atoms with van der Waals surface area (Å²) >= 11 is 0. The van der Waals surface area contributed by atoms with E-state index in [0.29, 0.717) is 22.2 Å². The van der Waals surface area contributed by atoms with Gasteiger partial charge < -0.3 is 0 Å². The van der Waals surface area contributed by atoms with E-state index in [0.717, 1.165) is 23.8 Å². The first-order chi connectivity index (χ1) is 12.4. The van der Waals surface area contributed by atoms with Crippen molar-refractivity contribution in [3.05, 3.63) is 80.4 Å². The average molecular weight is 346 g/mol. The zero-order valence-electron chi connectivity index (χ0n) is 16.1. The van der Waals surface area contributed by atoms with E-state index in [-0.39, 0.29) is 0 Å². The second kappa shape index (κ2) is 8.52. The minimum absolute atomic E-state index is 0.310. The Balaban J connectivity index is 2.44. The molecule has 0 aliphatic heterocycles. The molecule has 1 heterocycles. The third-order valence-corrected chi connectivity index (χ3v) is 4.47. The van der Waals surface area contributed by atoms with E-state index in [1.807, 2.05) is 26.0 Å². The maximum Gasteiger partial charge on any atom is 0.141 e. The molecule has 0 atom stereocenters. The van der Waals surface area contributed by atoms with Gasteiger partial charge in [-0.2, -0.15) is 0 Å². The molecule has 1 aromatic heterocycles. The van der Waals surface area contributed by atoms with Gasteiger partial charge in [0.2, 0.25) is 0 Å². The molecule has 1 aromatic carbocycles. The lowest BCUT2D eigenvalue weighted by Crippen LogP contribution is -2.28. The first-order valence-corrected chi connectivity index (χ1v) is 8.81. The maximum absolute atomic E-state index is 11.4. The summed E-state index contributed by atoms with van der Waals surface area (Å²) in [6.07, 6.45) is 5.83. The van der Waals surface area contributed by atoms with Crippen molar-refractivity contribution in [1.82, 2.24) is 4.98 Å². The Labute approximate surface area is 155 Å². The van der Waals surface area contributed by atoms with Crippen molar-refractivity contribution < 1.29 is 0 Å². The zero-order chi connectivity index (χ0) is 19.3. The molecule has 2 rings (SSSR count). The Morgan fingerprint density at radius 3 is 2.35 bits per heavy atom. The first kappa shape index (κ1) is 19.5. The lowest BCUT2D eigenvalue weighted by Gasteiger charge is -2.06. The number of aromatic nitrogens is 1. The summed E-state index contributed by atoms with van der Waals surface area (Å²) in [5, 5.41) is 4.64. The number of aryl methyl sites for hydroxylation is 2. The quantitative estimate of drug-likeness (QED) is 0.708. The van der Waals surface area contributed by atoms with Gasteiger partial charge in [-0.05, 0) is 60.7 Å². The van der Waals surface area contributed by atoms with Crippen molar-refractivity contribution in [2.24, 2.45) is 5.18 Å². The third-order valence-electron chi connectivity index (χ3n) is 4.47. The SMILES string of the molecule is C=C(C)c1nc(C)c(=C)/c(=C\C=C(/C)Cc2ccc(CC)cc2)c1N=O. The predicted octanol–water partition coefficient (Wildman–Crippen LogP) is 4.76. The molecule has 0 unspecified atom stereocenters. The van der Waals surface area contributed by atoms with E-state index in [4.69, 9.17) is 0 Å². The second-order valence-corrected chi connectivity index (χ2v) is 6.68. The molecule has 26 heavy (non-hydrogen) atoms. The zero-order valence-corrected chi connectivity index (χ0v) is 16.1. The van der Waals surface area contributed by atoms with Crippen molar-refractivity contribution in [3.63, 3.8) is 0 Å². The van der Waals surface area contributed by atoms with Gasteiger partial charge in [0.15, 0.2) is 0 Å². The minimum atomic E-state index is 0.310. The average Bonchev–Trinajstić information content (AvgIpc) is 2.62. The van der Waals surface area contributed by atoms with Crippen LogP contribution in [0, 0.1) is 11.8 Å². The van der Waals surface area contributed by atoms with E-state index in [1.54, 1.807) is 0 Å². The summed E-state index contributed by atoms with van der Waals surface area (Å²) < 4.78 is 0. The van der Waals surface area contributed by atoms with Gasteiger partial charge in [-0.1, -0.05) is 62.1 Å². The minimum Gasteiger partial charge on any atom is -0.250 e. The fourth-order valence-corrected chi connectivity index (χ4v) is 2.82. The van der Waals surface area contributed by atoms with Gasteiger partial charge >= 0.3 is 0 Å². The number of pyridine rings is 1. The van der Waals surface area contributed by atoms with Crippen LogP contribution in [0.25, 0.3) is 18.2 Å². The lowest BCUT2D eigenvalue weighted by molar-refractivity contribution is 1.10. The van der Waals surface area contributed by atoms with E-state index < -0.39 is 0 Å². The molecule has 0 radical (unpaired) electrons. The monoisotopic (exact) mass is 346 g/mol. The van der Waals surface area contributed by atoms with E-state index in [1.165, 1.54) is 16.7 Å². The Morgan fingerprint density at radius 1 is 1.19 bits per heavy atom. The molecule has 0 amide bonds. The van der Waals surface area contributed by atoms with Crippen molar-refractivity contribution in [1.29, 1.82) is 0 Å². The van der Waals surface area contributed by atoms with Gasteiger partial charge in [-0.3, -0.25) is 4.98 Å². The molecule has 0 N–H and O–H groups in total. The van der Waals surface area contributed by atoms with Crippen LogP contribution in [0.1, 0.15) is 43.3 Å². The molecule has 0 saturated heterocycles. The summed E-state index contributed by atoms with van der Waals surface area (Å²) in [5.41, 5.74) is 6.14. The number of hydrogen-bond acceptors (Lipinski definition) is 3. The van der Waals surface area contributed by atoms with Crippen LogP contribution in [0.15, 0.2) is 47.7 Å². The van der Waals surface area contributed by atoms with Crippen LogP contribution in [0.2, 0.25) is 0 Å². The smallest absolute Gasteiger partial charge is 0.141 e. The highest BCUT2D eigenvalue weighted by molar-refractivity contribution is 5.70. The summed E-state index contributed by atoms with van der Waals surface area (Å²) in [5.74, 6) is 0. The van der Waals surface area contributed by atoms with Gasteiger partial charge in [0.05, 0.1) is 5.69 Å². The largest absolute Gasteiger partial charge is 0.250 e. The molecule has 0 bridgehead atoms. The first-order valence-electron chi connectivity index (χ1n) is 8.81. The fraction of sp³-hybridized carbons (Fsp3) is 0.261. The van der Waals surface area contributed by atoms with Crippen molar-refractivity contribution in [2.75, 3.05) is 0 Å². The Kier molecular flexibility index (Phi) is 6.40. The van der Waals surface area contributed by atoms with Crippen LogP contribution in [0.5, 0.6) is 0 Å². The number of hydrogen-bond donors (Lipinski definition) is 0. The Hall–Kier alpha value is -2.81. The molecule has 3 nitrogen and oxygen atoms in total. The van der Waals surface area contributed by atoms with Gasteiger partial charge in [-0.15, -0.1) is 4.91 Å². The molecule has 134 valence electrons. The molecular weight excluding hydrogens is 320 g/mol. The summed E-state index contributed by atoms with van der Waals surface area (Å²) in [6, 6.07) is 8.66. The lowest BCUT2D eigenvalue weighted by atomic mass is 10.0. The number of nitroso groups, excluding NO2 is 1. The molecule has 3 heteroatoms. The van der Waals surface area contributed by atoms with E-state index >= 15 is 0 Å². The Bertz CT molecular complexity index is 967. The van der Waals surface area contributed by atoms with E-state index in [2.05, 4.69) is 61.4 Å². The van der Waals surface area contributed by atoms with Crippen LogP contribution in [-0.4, -0.2) is 4.98 Å². The van der Waals surface area contributed by atoms with Crippen LogP contribution >= 0.6 is 0 Å². The van der Waals surface area contributed by atoms with E-state index in [9.17, 15) is 4.91 Å². The molecule has 0 spiro atoms. The van der Waals surface area contributed by atoms with Gasteiger partial charge in [0.25, 0.3) is 0 Å². The topological polar surface area (TPSA) is 42.3 Å². The highest BCUT2D eigenvalue weighted by Gasteiger charge is 2.10. The molecule has 2 aromatic rings. The van der Waals surface area contributed by atoms with Gasteiger partial charge in [0.1, 0.15) is 5.69 Å². The summed E-state index contributed by atoms with van der Waals surface area (Å²) in [6.45, 7) is 15.9. The normalized spacial score (nSPS) is 12.3. The molecule has 0 aliphatic carbocycles. The number of nitrogens with zero attached hydrogens (tertiary/aromatic N) is 2. The van der Waals surface area contributed by atoms with Gasteiger partial charge in [-0.25, -0.2) is 0 Å². The second-order valence-electron chi connectivity index (χ2n) is 6.68. The number of rotatable bonds is 6. The highest BCUT2D eigenvalue weighted by atomic mass is 16.3. The summed E-state index contributed by atoms with van der Waals surface area (Å²) in [7, 11) is 0. The van der Waals surface area contributed by atoms with Crippen molar-refractivity contribution in [3.8, 4) is 0 Å². The molecule has 0 aliphatic rings. The van der Waals surface area contributed by atoms with Crippen molar-refractivity contribution in [2.45, 2.75) is 40.5 Å². The number of benzene rings is 1. The van der Waals surface area contributed by atoms with Gasteiger partial charge in [0, 0.05) is 10.9 Å². The molecule has 0 saturated carbocycles. The molecular formula is C23H26N2O. The Morgan fingerprint density at radius 2 is 1.81 bits per heavy atom.